The maximum Gasteiger partial charge on any atom is 0.238 e. The average molecular weight is 731 g/mol. The lowest BCUT2D eigenvalue weighted by atomic mass is 10.0. The first-order chi connectivity index (χ1) is 28.2. The molecule has 6 heteroatoms. The lowest BCUT2D eigenvalue weighted by Gasteiger charge is -2.11. The average Bonchev–Trinajstić information content (AvgIpc) is 3.95. The number of nitrogens with zero attached hydrogens (tertiary/aromatic N) is 4. The van der Waals surface area contributed by atoms with Crippen LogP contribution in [-0.4, -0.2) is 19.5 Å². The summed E-state index contributed by atoms with van der Waals surface area (Å²) in [5.41, 5.74) is 11.5. The van der Waals surface area contributed by atoms with Crippen LogP contribution in [0.25, 0.3) is 117 Å². The van der Waals surface area contributed by atoms with E-state index >= 15 is 0 Å². The highest BCUT2D eigenvalue weighted by Gasteiger charge is 2.19. The van der Waals surface area contributed by atoms with Gasteiger partial charge in [0.2, 0.25) is 5.95 Å². The van der Waals surface area contributed by atoms with Crippen LogP contribution in [0.4, 0.5) is 0 Å². The van der Waals surface area contributed by atoms with E-state index in [0.717, 1.165) is 99.1 Å². The first-order valence-electron chi connectivity index (χ1n) is 19.0. The Hall–Kier alpha value is -7.83. The molecule has 0 saturated carbocycles. The van der Waals surface area contributed by atoms with Crippen molar-refractivity contribution in [3.05, 3.63) is 182 Å². The summed E-state index contributed by atoms with van der Waals surface area (Å²) in [6.45, 7) is 0. The van der Waals surface area contributed by atoms with E-state index in [1.165, 1.54) is 0 Å². The van der Waals surface area contributed by atoms with Crippen LogP contribution in [0.5, 0.6) is 0 Å². The van der Waals surface area contributed by atoms with Gasteiger partial charge in [-0.15, -0.1) is 0 Å². The van der Waals surface area contributed by atoms with Crippen LogP contribution in [0.3, 0.4) is 0 Å². The molecule has 0 radical (unpaired) electrons. The van der Waals surface area contributed by atoms with Gasteiger partial charge < -0.3 is 8.83 Å². The minimum Gasteiger partial charge on any atom is -0.456 e. The Labute approximate surface area is 325 Å². The van der Waals surface area contributed by atoms with Crippen LogP contribution < -0.4 is 0 Å². The number of para-hydroxylation sites is 3. The Kier molecular flexibility index (Phi) is 6.83. The zero-order valence-electron chi connectivity index (χ0n) is 30.4. The molecular weight excluding hydrogens is 701 g/mol. The van der Waals surface area contributed by atoms with Crippen LogP contribution in [0, 0.1) is 0 Å². The molecule has 0 amide bonds. The first-order valence-corrected chi connectivity index (χ1v) is 19.0. The van der Waals surface area contributed by atoms with Crippen LogP contribution >= 0.6 is 0 Å². The fraction of sp³-hybridized carbons (Fsp3) is 0. The van der Waals surface area contributed by atoms with Gasteiger partial charge in [-0.1, -0.05) is 121 Å². The molecule has 4 heterocycles. The minimum atomic E-state index is 0.549. The number of hydrogen-bond donors (Lipinski definition) is 0. The molecule has 0 atom stereocenters. The van der Waals surface area contributed by atoms with E-state index < -0.39 is 0 Å². The minimum absolute atomic E-state index is 0.549. The molecule has 0 aliphatic carbocycles. The molecule has 12 rings (SSSR count). The molecule has 0 bridgehead atoms. The lowest BCUT2D eigenvalue weighted by molar-refractivity contribution is 0.668. The third-order valence-electron chi connectivity index (χ3n) is 11.1. The van der Waals surface area contributed by atoms with Crippen LogP contribution in [0.1, 0.15) is 0 Å². The number of rotatable bonds is 5. The van der Waals surface area contributed by atoms with Gasteiger partial charge in [0, 0.05) is 43.4 Å². The second-order valence-corrected chi connectivity index (χ2v) is 14.4. The van der Waals surface area contributed by atoms with Gasteiger partial charge in [-0.25, -0.2) is 4.98 Å². The van der Waals surface area contributed by atoms with Gasteiger partial charge in [0.1, 0.15) is 22.3 Å². The lowest BCUT2D eigenvalue weighted by Crippen LogP contribution is -2.06. The van der Waals surface area contributed by atoms with Gasteiger partial charge in [0.15, 0.2) is 11.6 Å². The number of aromatic nitrogens is 4. The van der Waals surface area contributed by atoms with Crippen molar-refractivity contribution in [1.82, 2.24) is 19.5 Å². The summed E-state index contributed by atoms with van der Waals surface area (Å²) in [7, 11) is 0. The topological polar surface area (TPSA) is 69.9 Å². The molecule has 0 spiro atoms. The van der Waals surface area contributed by atoms with Crippen molar-refractivity contribution < 1.29 is 8.83 Å². The number of hydrogen-bond acceptors (Lipinski definition) is 5. The first kappa shape index (κ1) is 31.5. The predicted octanol–water partition coefficient (Wildman–Crippen LogP) is 13.4. The molecule has 0 fully saturated rings. The number of benzene rings is 8. The van der Waals surface area contributed by atoms with Crippen molar-refractivity contribution >= 4 is 65.7 Å². The van der Waals surface area contributed by atoms with Crippen molar-refractivity contribution in [1.29, 1.82) is 0 Å². The van der Waals surface area contributed by atoms with Crippen molar-refractivity contribution in [3.8, 4) is 51.0 Å². The van der Waals surface area contributed by atoms with Gasteiger partial charge in [0.25, 0.3) is 0 Å². The molecule has 6 nitrogen and oxygen atoms in total. The Morgan fingerprint density at radius 1 is 0.298 bits per heavy atom. The third kappa shape index (κ3) is 5.08. The van der Waals surface area contributed by atoms with E-state index in [4.69, 9.17) is 23.8 Å². The van der Waals surface area contributed by atoms with E-state index in [2.05, 4.69) is 156 Å². The Morgan fingerprint density at radius 3 is 1.39 bits per heavy atom. The summed E-state index contributed by atoms with van der Waals surface area (Å²) in [4.78, 5) is 15.5. The zero-order valence-corrected chi connectivity index (χ0v) is 30.4. The zero-order chi connectivity index (χ0) is 37.5. The van der Waals surface area contributed by atoms with Crippen LogP contribution in [-0.2, 0) is 0 Å². The second-order valence-electron chi connectivity index (χ2n) is 14.4. The summed E-state index contributed by atoms with van der Waals surface area (Å²) in [6, 6.07) is 62.8. The molecule has 57 heavy (non-hydrogen) atoms. The van der Waals surface area contributed by atoms with Gasteiger partial charge in [-0.05, 0) is 82.9 Å². The molecule has 0 aliphatic heterocycles. The monoisotopic (exact) mass is 730 g/mol. The van der Waals surface area contributed by atoms with Crippen molar-refractivity contribution in [2.75, 3.05) is 0 Å². The fourth-order valence-corrected chi connectivity index (χ4v) is 8.33. The molecule has 0 aliphatic rings. The van der Waals surface area contributed by atoms with Gasteiger partial charge in [-0.3, -0.25) is 4.57 Å². The molecule has 8 aromatic carbocycles. The van der Waals surface area contributed by atoms with Crippen molar-refractivity contribution in [3.63, 3.8) is 0 Å². The van der Waals surface area contributed by atoms with E-state index in [-0.39, 0.29) is 0 Å². The highest BCUT2D eigenvalue weighted by Crippen LogP contribution is 2.38. The van der Waals surface area contributed by atoms with E-state index in [9.17, 15) is 0 Å². The predicted molar refractivity (Wildman–Crippen MR) is 230 cm³/mol. The van der Waals surface area contributed by atoms with Crippen molar-refractivity contribution in [2.45, 2.75) is 0 Å². The van der Waals surface area contributed by atoms with Gasteiger partial charge in [-0.2, -0.15) is 9.97 Å². The van der Waals surface area contributed by atoms with Crippen LogP contribution in [0.2, 0.25) is 0 Å². The summed E-state index contributed by atoms with van der Waals surface area (Å²) in [5.74, 6) is 1.70. The largest absolute Gasteiger partial charge is 0.456 e. The van der Waals surface area contributed by atoms with E-state index in [0.29, 0.717) is 17.6 Å². The molecule has 0 unspecified atom stereocenters. The smallest absolute Gasteiger partial charge is 0.238 e. The molecule has 4 aromatic heterocycles. The highest BCUT2D eigenvalue weighted by molar-refractivity contribution is 6.10. The fourth-order valence-electron chi connectivity index (χ4n) is 8.33. The molecular formula is C51H30N4O2. The number of furan rings is 2. The SMILES string of the molecule is c1ccc(-c2cccc(-c3nc(-c4ccc5c(c4)oc4cc(-c6ccc7c(c6)oc6ccccc67)ccc45)nc(-n4c5ccccc5c5ccccc54)n3)c2)cc1. The molecule has 12 aromatic rings. The normalized spacial score (nSPS) is 11.9. The van der Waals surface area contributed by atoms with Gasteiger partial charge in [0.05, 0.1) is 11.0 Å². The van der Waals surface area contributed by atoms with E-state index in [1.54, 1.807) is 0 Å². The van der Waals surface area contributed by atoms with Crippen molar-refractivity contribution in [2.24, 2.45) is 0 Å². The standard InChI is InChI=1S/C51H30N4O2/c1-2-11-31(12-3-1)32-13-10-14-35(27-32)49-52-50(54-51(53-49)55-43-18-7-4-15-37(43)38-16-5-8-19-44(38)55)36-23-26-42-41-25-22-34(29-47(41)57-48(42)30-36)33-21-24-40-39-17-6-9-20-45(39)56-46(40)28-33/h1-30H. The quantitative estimate of drug-likeness (QED) is 0.176. The number of fused-ring (bicyclic) bond motifs is 9. The Morgan fingerprint density at radius 2 is 0.737 bits per heavy atom. The summed E-state index contributed by atoms with van der Waals surface area (Å²) >= 11 is 0. The maximum absolute atomic E-state index is 6.61. The second kappa shape index (κ2) is 12.3. The Bertz CT molecular complexity index is 3490. The summed E-state index contributed by atoms with van der Waals surface area (Å²) in [5, 5.41) is 6.59. The molecule has 266 valence electrons. The highest BCUT2D eigenvalue weighted by atomic mass is 16.3. The van der Waals surface area contributed by atoms with E-state index in [1.807, 2.05) is 30.3 Å². The molecule has 0 saturated heterocycles. The third-order valence-corrected chi connectivity index (χ3v) is 11.1. The summed E-state index contributed by atoms with van der Waals surface area (Å²) < 4.78 is 15.0. The maximum atomic E-state index is 6.61. The Balaban J connectivity index is 1.01. The molecule has 0 N–H and O–H groups in total. The van der Waals surface area contributed by atoms with Crippen LogP contribution in [0.15, 0.2) is 191 Å². The van der Waals surface area contributed by atoms with Gasteiger partial charge >= 0.3 is 0 Å². The summed E-state index contributed by atoms with van der Waals surface area (Å²) in [6.07, 6.45) is 0.